The molecular weight excluding hydrogens is 175 g/mol. The summed E-state index contributed by atoms with van der Waals surface area (Å²) >= 11 is 0.979. The van der Waals surface area contributed by atoms with Crippen LogP contribution < -0.4 is 0 Å². The van der Waals surface area contributed by atoms with E-state index in [-0.39, 0.29) is 0 Å². The molecule has 0 saturated carbocycles. The van der Waals surface area contributed by atoms with Crippen molar-refractivity contribution in [3.8, 4) is 0 Å². The molecule has 0 nitrogen and oxygen atoms in total. The standard InChI is InChI=1S/C5H11.In.2H/c1-3-5-4-2;;;/h1,3-5H2,2H3;;;. The molecule has 0 spiro atoms. The molecule has 0 N–H and O–H groups in total. The van der Waals surface area contributed by atoms with Crippen LogP contribution in [0.3, 0.4) is 0 Å². The summed E-state index contributed by atoms with van der Waals surface area (Å²) in [5, 5.41) is 0. The molecule has 0 saturated heterocycles. The normalized spacial score (nSPS) is 8.83. The van der Waals surface area contributed by atoms with Gasteiger partial charge in [-0.25, -0.2) is 0 Å². The Labute approximate surface area is 54.9 Å². The van der Waals surface area contributed by atoms with E-state index in [0.717, 1.165) is 24.4 Å². The average Bonchev–Trinajstić information content (AvgIpc) is 1.61. The van der Waals surface area contributed by atoms with Crippen LogP contribution in [0.25, 0.3) is 0 Å². The Bertz CT molecular complexity index is 15.9. The topological polar surface area (TPSA) is 0 Å². The van der Waals surface area contributed by atoms with Crippen LogP contribution in [-0.2, 0) is 0 Å². The van der Waals surface area contributed by atoms with Crippen LogP contribution in [0, 0.1) is 0 Å². The van der Waals surface area contributed by atoms with E-state index in [0.29, 0.717) is 0 Å². The van der Waals surface area contributed by atoms with E-state index in [1.54, 1.807) is 4.18 Å². The zero-order valence-corrected chi connectivity index (χ0v) is 10.5. The fourth-order valence-electron chi connectivity index (χ4n) is 0.500. The van der Waals surface area contributed by atoms with Gasteiger partial charge in [0.05, 0.1) is 0 Å². The fourth-order valence-corrected chi connectivity index (χ4v) is 1.93. The Hall–Kier alpha value is 0.870. The van der Waals surface area contributed by atoms with E-state index in [4.69, 9.17) is 0 Å². The molecule has 0 fully saturated rings. The molecule has 0 amide bonds. The molecule has 0 rings (SSSR count). The second kappa shape index (κ2) is 5.87. The zero-order valence-electron chi connectivity index (χ0n) is 4.83. The van der Waals surface area contributed by atoms with Gasteiger partial charge in [-0.1, -0.05) is 0 Å². The second-order valence-electron chi connectivity index (χ2n) is 1.71. The summed E-state index contributed by atoms with van der Waals surface area (Å²) in [4.78, 5) is 0. The average molecular weight is 188 g/mol. The first-order chi connectivity index (χ1) is 2.91. The van der Waals surface area contributed by atoms with E-state index in [9.17, 15) is 0 Å². The van der Waals surface area contributed by atoms with Gasteiger partial charge in [0, 0.05) is 0 Å². The molecule has 0 radical (unpaired) electrons. The van der Waals surface area contributed by atoms with Crippen molar-refractivity contribution in [1.82, 2.24) is 0 Å². The van der Waals surface area contributed by atoms with Gasteiger partial charge in [0.15, 0.2) is 0 Å². The summed E-state index contributed by atoms with van der Waals surface area (Å²) in [5.41, 5.74) is 0. The molecule has 0 bridgehead atoms. The van der Waals surface area contributed by atoms with Gasteiger partial charge in [-0.3, -0.25) is 0 Å². The molecule has 0 aromatic carbocycles. The van der Waals surface area contributed by atoms with Crippen LogP contribution in [-0.4, -0.2) is 24.4 Å². The van der Waals surface area contributed by atoms with Crippen LogP contribution >= 0.6 is 0 Å². The molecule has 0 heterocycles. The van der Waals surface area contributed by atoms with Crippen molar-refractivity contribution >= 4 is 24.4 Å². The predicted octanol–water partition coefficient (Wildman–Crippen LogP) is 1.23. The molecule has 0 atom stereocenters. The molecule has 0 aromatic rings. The molecule has 0 aliphatic heterocycles. The molecule has 0 aliphatic carbocycles. The number of unbranched alkanes of at least 4 members (excludes halogenated alkanes) is 2. The summed E-state index contributed by atoms with van der Waals surface area (Å²) < 4.78 is 1.56. The quantitative estimate of drug-likeness (QED) is 0.584. The molecule has 0 unspecified atom stereocenters. The Morgan fingerprint density at radius 2 is 2.00 bits per heavy atom. The number of hydrogen-bond donors (Lipinski definition) is 0. The second-order valence-corrected chi connectivity index (χ2v) is 4.56. The van der Waals surface area contributed by atoms with Crippen LogP contribution in [0.1, 0.15) is 26.2 Å². The monoisotopic (exact) mass is 188 g/mol. The minimum absolute atomic E-state index is 0.979. The van der Waals surface area contributed by atoms with E-state index in [1.165, 1.54) is 19.3 Å². The van der Waals surface area contributed by atoms with Gasteiger partial charge in [0.2, 0.25) is 0 Å². The molecule has 0 aliphatic rings. The summed E-state index contributed by atoms with van der Waals surface area (Å²) in [6, 6.07) is 0. The molecular formula is C5H13In. The molecule has 36 valence electrons. The third-order valence-electron chi connectivity index (χ3n) is 0.957. The third kappa shape index (κ3) is 4.87. The first kappa shape index (κ1) is 6.87. The van der Waals surface area contributed by atoms with Gasteiger partial charge >= 0.3 is 54.7 Å². The van der Waals surface area contributed by atoms with Crippen molar-refractivity contribution < 1.29 is 0 Å². The molecule has 6 heavy (non-hydrogen) atoms. The van der Waals surface area contributed by atoms with Crippen molar-refractivity contribution in [3.63, 3.8) is 0 Å². The van der Waals surface area contributed by atoms with E-state index >= 15 is 0 Å². The van der Waals surface area contributed by atoms with Crippen molar-refractivity contribution in [2.24, 2.45) is 0 Å². The Kier molecular flexibility index (Phi) is 6.72. The summed E-state index contributed by atoms with van der Waals surface area (Å²) in [5.74, 6) is 0. The van der Waals surface area contributed by atoms with Crippen LogP contribution in [0.15, 0.2) is 0 Å². The van der Waals surface area contributed by atoms with Gasteiger partial charge in [0.25, 0.3) is 0 Å². The van der Waals surface area contributed by atoms with Gasteiger partial charge in [-0.15, -0.1) is 0 Å². The summed E-state index contributed by atoms with van der Waals surface area (Å²) in [6.07, 6.45) is 4.36. The molecule has 0 aromatic heterocycles. The van der Waals surface area contributed by atoms with Gasteiger partial charge < -0.3 is 0 Å². The van der Waals surface area contributed by atoms with Crippen LogP contribution in [0.4, 0.5) is 0 Å². The predicted molar refractivity (Wildman–Crippen MR) is 32.9 cm³/mol. The maximum absolute atomic E-state index is 2.26. The van der Waals surface area contributed by atoms with Crippen molar-refractivity contribution in [3.05, 3.63) is 0 Å². The molecule has 1 heteroatoms. The van der Waals surface area contributed by atoms with Gasteiger partial charge in [-0.2, -0.15) is 0 Å². The van der Waals surface area contributed by atoms with E-state index in [2.05, 4.69) is 6.92 Å². The zero-order chi connectivity index (χ0) is 4.83. The maximum atomic E-state index is 2.26. The SMILES string of the molecule is CCCC[CH2][InH2]. The number of hydrogen-bond acceptors (Lipinski definition) is 0. The summed E-state index contributed by atoms with van der Waals surface area (Å²) in [6.45, 7) is 2.26. The Morgan fingerprint density at radius 1 is 1.33 bits per heavy atom. The van der Waals surface area contributed by atoms with Crippen molar-refractivity contribution in [2.45, 2.75) is 30.4 Å². The van der Waals surface area contributed by atoms with Crippen LogP contribution in [0.2, 0.25) is 4.18 Å². The Balaban J connectivity index is 2.34. The van der Waals surface area contributed by atoms with Crippen molar-refractivity contribution in [1.29, 1.82) is 0 Å². The van der Waals surface area contributed by atoms with Gasteiger partial charge in [-0.05, 0) is 0 Å². The minimum atomic E-state index is 0.979. The first-order valence-corrected chi connectivity index (χ1v) is 6.95. The van der Waals surface area contributed by atoms with Crippen molar-refractivity contribution in [2.75, 3.05) is 0 Å². The van der Waals surface area contributed by atoms with Gasteiger partial charge in [0.1, 0.15) is 0 Å². The third-order valence-corrected chi connectivity index (χ3v) is 2.98. The summed E-state index contributed by atoms with van der Waals surface area (Å²) in [7, 11) is 0. The van der Waals surface area contributed by atoms with E-state index < -0.39 is 0 Å². The van der Waals surface area contributed by atoms with Crippen LogP contribution in [0.5, 0.6) is 0 Å². The number of rotatable bonds is 3. The Morgan fingerprint density at radius 3 is 2.17 bits per heavy atom. The fraction of sp³-hybridized carbons (Fsp3) is 1.00. The van der Waals surface area contributed by atoms with E-state index in [1.807, 2.05) is 0 Å². The first-order valence-electron chi connectivity index (χ1n) is 2.91.